The van der Waals surface area contributed by atoms with Crippen molar-refractivity contribution >= 4 is 54.8 Å². The van der Waals surface area contributed by atoms with Gasteiger partial charge in [0.25, 0.3) is 0 Å². The molecule has 0 spiro atoms. The third-order valence-corrected chi connectivity index (χ3v) is 7.71. The second-order valence-electron chi connectivity index (χ2n) is 6.97. The third-order valence-electron chi connectivity index (χ3n) is 4.49. The number of benzene rings is 3. The lowest BCUT2D eigenvalue weighted by Gasteiger charge is -2.22. The summed E-state index contributed by atoms with van der Waals surface area (Å²) in [6.07, 6.45) is 0. The Hall–Kier alpha value is -2.47. The number of nitrogens with one attached hydrogen (secondary N) is 1. The Morgan fingerprint density at radius 3 is 2.03 bits per heavy atom. The number of rotatable bonds is 8. The average molecular weight is 528 g/mol. The minimum atomic E-state index is -4.07. The molecular weight excluding hydrogens is 509 g/mol. The van der Waals surface area contributed by atoms with Crippen LogP contribution in [0.2, 0.25) is 10.0 Å². The van der Waals surface area contributed by atoms with Crippen LogP contribution >= 0.6 is 23.2 Å². The first-order valence-corrected chi connectivity index (χ1v) is 13.1. The van der Waals surface area contributed by atoms with Gasteiger partial charge in [-0.15, -0.1) is 0 Å². The van der Waals surface area contributed by atoms with Crippen LogP contribution in [0.1, 0.15) is 5.56 Å². The van der Waals surface area contributed by atoms with Crippen molar-refractivity contribution in [1.82, 2.24) is 4.31 Å². The Balaban J connectivity index is 1.85. The molecule has 3 aromatic carbocycles. The van der Waals surface area contributed by atoms with Crippen LogP contribution in [0.15, 0.2) is 82.6 Å². The fourth-order valence-electron chi connectivity index (χ4n) is 2.91. The molecule has 0 radical (unpaired) electrons. The SMILES string of the molecule is NS(=O)(=O)c1ccc(NC(=O)CN(Cc2cccc(Cl)c2)S(=O)(=O)c2ccc(Cl)cc2)cc1. The van der Waals surface area contributed by atoms with Gasteiger partial charge in [0.2, 0.25) is 26.0 Å². The lowest BCUT2D eigenvalue weighted by molar-refractivity contribution is -0.116. The molecule has 0 saturated heterocycles. The summed E-state index contributed by atoms with van der Waals surface area (Å²) in [5.41, 5.74) is 0.865. The molecule has 0 aliphatic heterocycles. The van der Waals surface area contributed by atoms with Crippen molar-refractivity contribution in [2.75, 3.05) is 11.9 Å². The van der Waals surface area contributed by atoms with Crippen LogP contribution in [0.5, 0.6) is 0 Å². The van der Waals surface area contributed by atoms with E-state index in [0.717, 1.165) is 4.31 Å². The molecule has 0 aliphatic rings. The number of nitrogens with zero attached hydrogens (tertiary/aromatic N) is 1. The third kappa shape index (κ3) is 6.76. The highest BCUT2D eigenvalue weighted by molar-refractivity contribution is 7.89. The summed E-state index contributed by atoms with van der Waals surface area (Å²) < 4.78 is 50.3. The molecule has 0 aromatic heterocycles. The highest BCUT2D eigenvalue weighted by atomic mass is 35.5. The van der Waals surface area contributed by atoms with Crippen molar-refractivity contribution in [3.05, 3.63) is 88.4 Å². The highest BCUT2D eigenvalue weighted by Crippen LogP contribution is 2.22. The zero-order chi connectivity index (χ0) is 24.2. The molecule has 1 amide bonds. The quantitative estimate of drug-likeness (QED) is 0.463. The highest BCUT2D eigenvalue weighted by Gasteiger charge is 2.27. The lowest BCUT2D eigenvalue weighted by Crippen LogP contribution is -2.37. The molecule has 3 N–H and O–H groups in total. The van der Waals surface area contributed by atoms with Crippen molar-refractivity contribution in [3.63, 3.8) is 0 Å². The van der Waals surface area contributed by atoms with Crippen LogP contribution in [0.25, 0.3) is 0 Å². The predicted octanol–water partition coefficient (Wildman–Crippen LogP) is 3.47. The Labute approximate surface area is 202 Å². The van der Waals surface area contributed by atoms with Crippen molar-refractivity contribution < 1.29 is 21.6 Å². The normalized spacial score (nSPS) is 12.0. The summed E-state index contributed by atoms with van der Waals surface area (Å²) in [6, 6.07) is 17.4. The van der Waals surface area contributed by atoms with Gasteiger partial charge in [0.1, 0.15) is 0 Å². The molecule has 174 valence electrons. The topological polar surface area (TPSA) is 127 Å². The first-order valence-electron chi connectivity index (χ1n) is 9.38. The number of halogens is 2. The standard InChI is InChI=1S/C21H19Cl2N3O5S2/c22-16-4-8-20(9-5-16)33(30,31)26(13-15-2-1-3-17(23)12-15)14-21(27)25-18-6-10-19(11-7-18)32(24,28)29/h1-12H,13-14H2,(H,25,27)(H2,24,28,29). The molecule has 33 heavy (non-hydrogen) atoms. The molecule has 0 atom stereocenters. The van der Waals surface area contributed by atoms with E-state index in [0.29, 0.717) is 15.6 Å². The molecule has 0 heterocycles. The smallest absolute Gasteiger partial charge is 0.243 e. The predicted molar refractivity (Wildman–Crippen MR) is 127 cm³/mol. The molecule has 3 aromatic rings. The number of hydrogen-bond acceptors (Lipinski definition) is 5. The number of anilines is 1. The van der Waals surface area contributed by atoms with E-state index in [-0.39, 0.29) is 22.0 Å². The molecule has 12 heteroatoms. The summed E-state index contributed by atoms with van der Waals surface area (Å²) in [5.74, 6) is -0.627. The van der Waals surface area contributed by atoms with E-state index < -0.39 is 32.5 Å². The van der Waals surface area contributed by atoms with Gasteiger partial charge in [0, 0.05) is 22.3 Å². The minimum Gasteiger partial charge on any atom is -0.325 e. The van der Waals surface area contributed by atoms with E-state index in [1.807, 2.05) is 0 Å². The zero-order valence-corrected chi connectivity index (χ0v) is 20.1. The largest absolute Gasteiger partial charge is 0.325 e. The Kier molecular flexibility index (Phi) is 7.78. The number of amides is 1. The maximum Gasteiger partial charge on any atom is 0.243 e. The van der Waals surface area contributed by atoms with E-state index in [9.17, 15) is 21.6 Å². The molecule has 0 saturated carbocycles. The van der Waals surface area contributed by atoms with E-state index in [4.69, 9.17) is 28.3 Å². The summed E-state index contributed by atoms with van der Waals surface area (Å²) in [5, 5.41) is 8.42. The summed E-state index contributed by atoms with van der Waals surface area (Å²) >= 11 is 11.9. The summed E-state index contributed by atoms with van der Waals surface area (Å²) in [7, 11) is -7.95. The second-order valence-corrected chi connectivity index (χ2v) is 11.3. The van der Waals surface area contributed by atoms with Gasteiger partial charge in [-0.1, -0.05) is 35.3 Å². The van der Waals surface area contributed by atoms with E-state index in [2.05, 4.69) is 5.32 Å². The first-order chi connectivity index (χ1) is 15.4. The molecule has 0 fully saturated rings. The van der Waals surface area contributed by atoms with Gasteiger partial charge in [-0.3, -0.25) is 4.79 Å². The van der Waals surface area contributed by atoms with Gasteiger partial charge in [-0.05, 0) is 66.2 Å². The molecular formula is C21H19Cl2N3O5S2. The number of nitrogens with two attached hydrogens (primary N) is 1. The maximum atomic E-state index is 13.3. The molecule has 0 aliphatic carbocycles. The molecule has 0 bridgehead atoms. The van der Waals surface area contributed by atoms with Gasteiger partial charge in [-0.2, -0.15) is 4.31 Å². The fourth-order valence-corrected chi connectivity index (χ4v) is 5.15. The first kappa shape index (κ1) is 25.2. The van der Waals surface area contributed by atoms with Crippen molar-refractivity contribution in [2.45, 2.75) is 16.3 Å². The number of carbonyl (C=O) groups is 1. The average Bonchev–Trinajstić information content (AvgIpc) is 2.73. The van der Waals surface area contributed by atoms with Crippen LogP contribution in [-0.4, -0.2) is 33.6 Å². The van der Waals surface area contributed by atoms with Gasteiger partial charge in [-0.25, -0.2) is 22.0 Å². The van der Waals surface area contributed by atoms with Crippen LogP contribution in [0.4, 0.5) is 5.69 Å². The second kappa shape index (κ2) is 10.2. The van der Waals surface area contributed by atoms with Crippen molar-refractivity contribution in [3.8, 4) is 0 Å². The summed E-state index contributed by atoms with van der Waals surface area (Å²) in [6.45, 7) is -0.613. The van der Waals surface area contributed by atoms with Crippen molar-refractivity contribution in [1.29, 1.82) is 0 Å². The summed E-state index contributed by atoms with van der Waals surface area (Å²) in [4.78, 5) is 12.5. The van der Waals surface area contributed by atoms with E-state index in [1.165, 1.54) is 48.5 Å². The van der Waals surface area contributed by atoms with Crippen LogP contribution in [0.3, 0.4) is 0 Å². The van der Waals surface area contributed by atoms with E-state index in [1.54, 1.807) is 24.3 Å². The Morgan fingerprint density at radius 1 is 0.848 bits per heavy atom. The van der Waals surface area contributed by atoms with Gasteiger partial charge >= 0.3 is 0 Å². The molecule has 8 nitrogen and oxygen atoms in total. The van der Waals surface area contributed by atoms with Gasteiger partial charge in [0.05, 0.1) is 16.3 Å². The van der Waals surface area contributed by atoms with Crippen LogP contribution in [-0.2, 0) is 31.4 Å². The van der Waals surface area contributed by atoms with E-state index >= 15 is 0 Å². The van der Waals surface area contributed by atoms with Crippen LogP contribution in [0, 0.1) is 0 Å². The number of primary sulfonamides is 1. The Morgan fingerprint density at radius 2 is 1.45 bits per heavy atom. The minimum absolute atomic E-state index is 0.0285. The zero-order valence-electron chi connectivity index (χ0n) is 17.0. The Bertz CT molecular complexity index is 1360. The fraction of sp³-hybridized carbons (Fsp3) is 0.0952. The van der Waals surface area contributed by atoms with Gasteiger partial charge in [0.15, 0.2) is 0 Å². The van der Waals surface area contributed by atoms with Gasteiger partial charge < -0.3 is 5.32 Å². The lowest BCUT2D eigenvalue weighted by atomic mass is 10.2. The maximum absolute atomic E-state index is 13.3. The monoisotopic (exact) mass is 527 g/mol. The number of sulfonamides is 2. The number of carbonyl (C=O) groups excluding carboxylic acids is 1. The van der Waals surface area contributed by atoms with Crippen LogP contribution < -0.4 is 10.5 Å². The molecule has 3 rings (SSSR count). The number of hydrogen-bond donors (Lipinski definition) is 2. The molecule has 0 unspecified atom stereocenters. The van der Waals surface area contributed by atoms with Crippen molar-refractivity contribution in [2.24, 2.45) is 5.14 Å².